The van der Waals surface area contributed by atoms with Gasteiger partial charge in [0, 0.05) is 12.2 Å². The summed E-state index contributed by atoms with van der Waals surface area (Å²) in [4.78, 5) is 0. The van der Waals surface area contributed by atoms with Crippen LogP contribution in [0.2, 0.25) is 5.02 Å². The monoisotopic (exact) mass is 265 g/mol. The predicted octanol–water partition coefficient (Wildman–Crippen LogP) is 2.74. The zero-order valence-electron chi connectivity index (χ0n) is 10.3. The van der Waals surface area contributed by atoms with E-state index in [1.54, 1.807) is 4.68 Å². The van der Waals surface area contributed by atoms with Gasteiger partial charge in [-0.15, -0.1) is 0 Å². The Kier molecular flexibility index (Phi) is 3.14. The third kappa shape index (κ3) is 2.76. The fourth-order valence-electron chi connectivity index (χ4n) is 1.87. The number of aryl methyl sites for hydroxylation is 1. The minimum Gasteiger partial charge on any atom is -0.463 e. The van der Waals surface area contributed by atoms with E-state index < -0.39 is 0 Å². The maximum atomic E-state index is 5.97. The standard InChI is InChI=1S/C13H16ClN3O/c1-9-13(14)8-17(16-9)7-12-5-4-11(18-12)6-15-10-2-3-10/h4-5,8,10,15H,2-3,6-7H2,1H3. The van der Waals surface area contributed by atoms with Gasteiger partial charge in [0.15, 0.2) is 0 Å². The lowest BCUT2D eigenvalue weighted by atomic mass is 10.4. The van der Waals surface area contributed by atoms with E-state index >= 15 is 0 Å². The lowest BCUT2D eigenvalue weighted by Gasteiger charge is -1.99. The summed E-state index contributed by atoms with van der Waals surface area (Å²) >= 11 is 5.97. The first-order valence-corrected chi connectivity index (χ1v) is 6.59. The Morgan fingerprint density at radius 1 is 1.44 bits per heavy atom. The molecule has 0 aromatic carbocycles. The van der Waals surface area contributed by atoms with Crippen molar-refractivity contribution in [2.24, 2.45) is 0 Å². The maximum Gasteiger partial charge on any atom is 0.125 e. The summed E-state index contributed by atoms with van der Waals surface area (Å²) in [6.45, 7) is 3.33. The molecule has 18 heavy (non-hydrogen) atoms. The molecule has 2 aromatic heterocycles. The van der Waals surface area contributed by atoms with E-state index in [0.717, 1.165) is 23.8 Å². The molecular formula is C13H16ClN3O. The molecule has 3 rings (SSSR count). The summed E-state index contributed by atoms with van der Waals surface area (Å²) in [5.74, 6) is 1.88. The summed E-state index contributed by atoms with van der Waals surface area (Å²) in [5.41, 5.74) is 0.846. The Hall–Kier alpha value is -1.26. The van der Waals surface area contributed by atoms with Crippen molar-refractivity contribution in [3.8, 4) is 0 Å². The molecule has 1 saturated carbocycles. The SMILES string of the molecule is Cc1nn(Cc2ccc(CNC3CC3)o2)cc1Cl. The third-order valence-electron chi connectivity index (χ3n) is 3.06. The van der Waals surface area contributed by atoms with Crippen molar-refractivity contribution in [2.45, 2.75) is 38.9 Å². The van der Waals surface area contributed by atoms with Crippen LogP contribution in [-0.2, 0) is 13.1 Å². The lowest BCUT2D eigenvalue weighted by Crippen LogP contribution is -2.14. The molecule has 4 nitrogen and oxygen atoms in total. The first-order valence-electron chi connectivity index (χ1n) is 6.21. The summed E-state index contributed by atoms with van der Waals surface area (Å²) in [5, 5.41) is 8.43. The van der Waals surface area contributed by atoms with Crippen molar-refractivity contribution in [1.82, 2.24) is 15.1 Å². The van der Waals surface area contributed by atoms with Crippen molar-refractivity contribution < 1.29 is 4.42 Å². The molecule has 0 bridgehead atoms. The second kappa shape index (κ2) is 4.78. The highest BCUT2D eigenvalue weighted by Crippen LogP contribution is 2.20. The van der Waals surface area contributed by atoms with Crippen LogP contribution in [0.1, 0.15) is 30.1 Å². The fourth-order valence-corrected chi connectivity index (χ4v) is 2.02. The first kappa shape index (κ1) is 11.8. The van der Waals surface area contributed by atoms with E-state index in [-0.39, 0.29) is 0 Å². The third-order valence-corrected chi connectivity index (χ3v) is 3.43. The number of halogens is 1. The van der Waals surface area contributed by atoms with Crippen molar-refractivity contribution >= 4 is 11.6 Å². The summed E-state index contributed by atoms with van der Waals surface area (Å²) in [6, 6.07) is 4.71. The summed E-state index contributed by atoms with van der Waals surface area (Å²) in [7, 11) is 0. The van der Waals surface area contributed by atoms with Gasteiger partial charge in [0.25, 0.3) is 0 Å². The zero-order valence-corrected chi connectivity index (χ0v) is 11.1. The molecule has 1 N–H and O–H groups in total. The minimum atomic E-state index is 0.622. The van der Waals surface area contributed by atoms with Gasteiger partial charge in [0.2, 0.25) is 0 Å². The van der Waals surface area contributed by atoms with Crippen LogP contribution in [0, 0.1) is 6.92 Å². The van der Waals surface area contributed by atoms with Crippen LogP contribution < -0.4 is 5.32 Å². The van der Waals surface area contributed by atoms with E-state index in [0.29, 0.717) is 17.6 Å². The van der Waals surface area contributed by atoms with Crippen LogP contribution in [0.4, 0.5) is 0 Å². The van der Waals surface area contributed by atoms with Gasteiger partial charge in [0.1, 0.15) is 11.5 Å². The molecule has 0 saturated heterocycles. The molecule has 1 fully saturated rings. The molecule has 5 heteroatoms. The van der Waals surface area contributed by atoms with E-state index in [2.05, 4.69) is 10.4 Å². The molecule has 0 amide bonds. The molecule has 0 unspecified atom stereocenters. The molecule has 1 aliphatic rings. The van der Waals surface area contributed by atoms with Crippen LogP contribution in [0.3, 0.4) is 0 Å². The van der Waals surface area contributed by atoms with Crippen molar-refractivity contribution in [2.75, 3.05) is 0 Å². The van der Waals surface area contributed by atoms with Crippen LogP contribution in [0.5, 0.6) is 0 Å². The fraction of sp³-hybridized carbons (Fsp3) is 0.462. The van der Waals surface area contributed by atoms with E-state index in [1.807, 2.05) is 25.3 Å². The van der Waals surface area contributed by atoms with E-state index in [4.69, 9.17) is 16.0 Å². The smallest absolute Gasteiger partial charge is 0.125 e. The number of hydrogen-bond donors (Lipinski definition) is 1. The van der Waals surface area contributed by atoms with Gasteiger partial charge >= 0.3 is 0 Å². The summed E-state index contributed by atoms with van der Waals surface area (Å²) in [6.07, 6.45) is 4.40. The van der Waals surface area contributed by atoms with Crippen molar-refractivity contribution in [3.63, 3.8) is 0 Å². The highest BCUT2D eigenvalue weighted by Gasteiger charge is 2.20. The topological polar surface area (TPSA) is 43.0 Å². The first-order chi connectivity index (χ1) is 8.70. The molecule has 0 atom stereocenters. The van der Waals surface area contributed by atoms with Crippen LogP contribution in [-0.4, -0.2) is 15.8 Å². The van der Waals surface area contributed by atoms with E-state index in [1.165, 1.54) is 12.8 Å². The predicted molar refractivity (Wildman–Crippen MR) is 69.6 cm³/mol. The van der Waals surface area contributed by atoms with Crippen LogP contribution in [0.15, 0.2) is 22.7 Å². The van der Waals surface area contributed by atoms with Gasteiger partial charge in [-0.3, -0.25) is 4.68 Å². The van der Waals surface area contributed by atoms with Gasteiger partial charge in [-0.25, -0.2) is 0 Å². The Morgan fingerprint density at radius 3 is 2.89 bits per heavy atom. The second-order valence-electron chi connectivity index (χ2n) is 4.78. The van der Waals surface area contributed by atoms with Gasteiger partial charge in [0.05, 0.1) is 23.8 Å². The molecule has 0 spiro atoms. The lowest BCUT2D eigenvalue weighted by molar-refractivity contribution is 0.429. The van der Waals surface area contributed by atoms with Crippen molar-refractivity contribution in [3.05, 3.63) is 40.6 Å². The Labute approximate surface area is 111 Å². The molecular weight excluding hydrogens is 250 g/mol. The molecule has 2 aromatic rings. The zero-order chi connectivity index (χ0) is 12.5. The average molecular weight is 266 g/mol. The normalized spacial score (nSPS) is 15.2. The van der Waals surface area contributed by atoms with Crippen molar-refractivity contribution in [1.29, 1.82) is 0 Å². The number of nitrogens with one attached hydrogen (secondary N) is 1. The molecule has 1 aliphatic carbocycles. The van der Waals surface area contributed by atoms with Gasteiger partial charge < -0.3 is 9.73 Å². The Morgan fingerprint density at radius 2 is 2.22 bits per heavy atom. The number of rotatable bonds is 5. The molecule has 0 radical (unpaired) electrons. The number of hydrogen-bond acceptors (Lipinski definition) is 3. The van der Waals surface area contributed by atoms with Gasteiger partial charge in [-0.05, 0) is 31.9 Å². The van der Waals surface area contributed by atoms with Crippen LogP contribution >= 0.6 is 11.6 Å². The van der Waals surface area contributed by atoms with Gasteiger partial charge in [-0.2, -0.15) is 5.10 Å². The minimum absolute atomic E-state index is 0.622. The molecule has 0 aliphatic heterocycles. The number of aromatic nitrogens is 2. The highest BCUT2D eigenvalue weighted by molar-refractivity contribution is 6.31. The molecule has 96 valence electrons. The highest BCUT2D eigenvalue weighted by atomic mass is 35.5. The Balaban J connectivity index is 1.61. The average Bonchev–Trinajstić information content (AvgIpc) is 2.98. The maximum absolute atomic E-state index is 5.97. The van der Waals surface area contributed by atoms with Crippen LogP contribution in [0.25, 0.3) is 0 Å². The summed E-state index contributed by atoms with van der Waals surface area (Å²) < 4.78 is 7.55. The Bertz CT molecular complexity index is 523. The molecule has 2 heterocycles. The quantitative estimate of drug-likeness (QED) is 0.904. The number of nitrogens with zero attached hydrogens (tertiary/aromatic N) is 2. The second-order valence-corrected chi connectivity index (χ2v) is 5.19. The van der Waals surface area contributed by atoms with Gasteiger partial charge in [-0.1, -0.05) is 11.6 Å². The number of furan rings is 1. The van der Waals surface area contributed by atoms with E-state index in [9.17, 15) is 0 Å². The largest absolute Gasteiger partial charge is 0.463 e.